The van der Waals surface area contributed by atoms with E-state index in [9.17, 15) is 4.79 Å². The van der Waals surface area contributed by atoms with Crippen LogP contribution in [0.5, 0.6) is 0 Å². The van der Waals surface area contributed by atoms with Crippen LogP contribution in [0.4, 0.5) is 11.6 Å². The molecule has 0 aliphatic carbocycles. The summed E-state index contributed by atoms with van der Waals surface area (Å²) in [4.78, 5) is 16.1. The summed E-state index contributed by atoms with van der Waals surface area (Å²) in [5, 5.41) is 16.0. The number of nitrogens with two attached hydrogens (primary N) is 1. The van der Waals surface area contributed by atoms with E-state index in [1.54, 1.807) is 30.6 Å². The Balaban J connectivity index is 1.57. The van der Waals surface area contributed by atoms with E-state index in [1.807, 2.05) is 19.1 Å². The Morgan fingerprint density at radius 1 is 1.24 bits per heavy atom. The van der Waals surface area contributed by atoms with E-state index in [1.165, 1.54) is 4.68 Å². The van der Waals surface area contributed by atoms with Crippen LogP contribution in [0, 0.1) is 0 Å². The Hall–Kier alpha value is -2.82. The third-order valence-corrected chi connectivity index (χ3v) is 5.11. The molecular formula is C17H16Cl2N8OS. The van der Waals surface area contributed by atoms with Gasteiger partial charge in [-0.15, -0.1) is 10.2 Å². The van der Waals surface area contributed by atoms with Gasteiger partial charge in [-0.2, -0.15) is 5.10 Å². The molecule has 3 aromatic rings. The molecule has 150 valence electrons. The predicted octanol–water partition coefficient (Wildman–Crippen LogP) is 3.26. The van der Waals surface area contributed by atoms with Gasteiger partial charge < -0.3 is 11.2 Å². The number of anilines is 2. The number of pyridine rings is 1. The molecule has 9 nitrogen and oxygen atoms in total. The van der Waals surface area contributed by atoms with E-state index < -0.39 is 0 Å². The van der Waals surface area contributed by atoms with Gasteiger partial charge in [-0.3, -0.25) is 9.78 Å². The number of aromatic nitrogens is 4. The summed E-state index contributed by atoms with van der Waals surface area (Å²) >= 11 is 13.0. The topological polar surface area (TPSA) is 123 Å². The van der Waals surface area contributed by atoms with Crippen molar-refractivity contribution in [1.29, 1.82) is 0 Å². The number of nitrogens with zero attached hydrogens (tertiary/aromatic N) is 5. The van der Waals surface area contributed by atoms with Gasteiger partial charge in [-0.1, -0.05) is 35.0 Å². The van der Waals surface area contributed by atoms with Crippen molar-refractivity contribution >= 4 is 58.2 Å². The molecule has 3 rings (SSSR count). The zero-order valence-electron chi connectivity index (χ0n) is 15.1. The van der Waals surface area contributed by atoms with E-state index in [2.05, 4.69) is 31.0 Å². The molecular weight excluding hydrogens is 435 g/mol. The van der Waals surface area contributed by atoms with Crippen molar-refractivity contribution in [3.05, 3.63) is 58.3 Å². The third-order valence-electron chi connectivity index (χ3n) is 3.62. The highest BCUT2D eigenvalue weighted by Crippen LogP contribution is 2.26. The second-order valence-electron chi connectivity index (χ2n) is 5.68. The molecule has 0 bridgehead atoms. The fraction of sp³-hybridized carbons (Fsp3) is 0.118. The number of carbonyl (C=O) groups excluding carboxylic acids is 1. The summed E-state index contributed by atoms with van der Waals surface area (Å²) in [7, 11) is 0. The van der Waals surface area contributed by atoms with Gasteiger partial charge in [0.15, 0.2) is 0 Å². The quantitative estimate of drug-likeness (QED) is 0.218. The molecule has 0 aliphatic heterocycles. The van der Waals surface area contributed by atoms with Gasteiger partial charge in [0.25, 0.3) is 5.95 Å². The molecule has 29 heavy (non-hydrogen) atoms. The van der Waals surface area contributed by atoms with E-state index in [0.717, 1.165) is 23.0 Å². The molecule has 1 amide bonds. The van der Waals surface area contributed by atoms with Crippen LogP contribution in [0.15, 0.2) is 53.0 Å². The van der Waals surface area contributed by atoms with Gasteiger partial charge in [-0.25, -0.2) is 10.1 Å². The van der Waals surface area contributed by atoms with E-state index in [4.69, 9.17) is 29.0 Å². The molecule has 2 heterocycles. The number of rotatable bonds is 7. The first-order chi connectivity index (χ1) is 13.9. The fourth-order valence-electron chi connectivity index (χ4n) is 2.15. The smallest absolute Gasteiger partial charge is 0.264 e. The van der Waals surface area contributed by atoms with Crippen LogP contribution < -0.4 is 16.6 Å². The lowest BCUT2D eigenvalue weighted by atomic mass is 10.2. The highest BCUT2D eigenvalue weighted by molar-refractivity contribution is 7.99. The molecule has 2 aromatic heterocycles. The number of halogens is 2. The number of amides is 1. The second kappa shape index (κ2) is 9.59. The highest BCUT2D eigenvalue weighted by atomic mass is 35.5. The Morgan fingerprint density at radius 3 is 2.72 bits per heavy atom. The molecule has 4 N–H and O–H groups in total. The van der Waals surface area contributed by atoms with Crippen LogP contribution in [-0.4, -0.2) is 37.2 Å². The van der Waals surface area contributed by atoms with Crippen molar-refractivity contribution in [1.82, 2.24) is 19.9 Å². The molecule has 0 saturated carbocycles. The molecule has 12 heteroatoms. The van der Waals surface area contributed by atoms with Crippen LogP contribution in [-0.2, 0) is 4.79 Å². The SMILES string of the molecule is C/C(=N\Nc1nnc(SCC(=O)Nc2ccc(Cl)cc2Cl)n1N)c1ccncc1. The van der Waals surface area contributed by atoms with Crippen LogP contribution >= 0.6 is 35.0 Å². The Labute approximate surface area is 180 Å². The number of hydrogen-bond donors (Lipinski definition) is 3. The van der Waals surface area contributed by atoms with Crippen molar-refractivity contribution < 1.29 is 4.79 Å². The van der Waals surface area contributed by atoms with Gasteiger partial charge in [0.2, 0.25) is 11.1 Å². The fourth-order valence-corrected chi connectivity index (χ4v) is 3.26. The van der Waals surface area contributed by atoms with Gasteiger partial charge >= 0.3 is 0 Å². The van der Waals surface area contributed by atoms with Crippen molar-refractivity contribution in [3.8, 4) is 0 Å². The molecule has 0 aliphatic rings. The molecule has 0 fully saturated rings. The van der Waals surface area contributed by atoms with Gasteiger partial charge in [0.1, 0.15) is 0 Å². The molecule has 0 radical (unpaired) electrons. The largest absolute Gasteiger partial charge is 0.334 e. The summed E-state index contributed by atoms with van der Waals surface area (Å²) in [5.41, 5.74) is 4.86. The van der Waals surface area contributed by atoms with E-state index >= 15 is 0 Å². The maximum atomic E-state index is 12.1. The summed E-state index contributed by atoms with van der Waals surface area (Å²) in [5.74, 6) is 6.00. The highest BCUT2D eigenvalue weighted by Gasteiger charge is 2.13. The molecule has 0 unspecified atom stereocenters. The standard InChI is InChI=1S/C17H16Cl2N8OS/c1-10(11-4-6-21-7-5-11)23-24-16-25-26-17(27(16)20)29-9-15(28)22-14-3-2-12(18)8-13(14)19/h2-8H,9,20H2,1H3,(H,22,28)(H,24,25)/b23-10+. The van der Waals surface area contributed by atoms with Crippen molar-refractivity contribution in [3.63, 3.8) is 0 Å². The lowest BCUT2D eigenvalue weighted by Gasteiger charge is -2.07. The number of hydrazone groups is 1. The molecule has 0 spiro atoms. The first kappa shape index (κ1) is 20.9. The molecule has 0 atom stereocenters. The average Bonchev–Trinajstić information content (AvgIpc) is 3.07. The van der Waals surface area contributed by atoms with Gasteiger partial charge in [-0.05, 0) is 37.3 Å². The number of carbonyl (C=O) groups is 1. The number of hydrogen-bond acceptors (Lipinski definition) is 8. The Morgan fingerprint density at radius 2 is 2.00 bits per heavy atom. The van der Waals surface area contributed by atoms with E-state index in [0.29, 0.717) is 20.9 Å². The van der Waals surface area contributed by atoms with Gasteiger partial charge in [0, 0.05) is 23.0 Å². The lowest BCUT2D eigenvalue weighted by molar-refractivity contribution is -0.113. The van der Waals surface area contributed by atoms with Crippen LogP contribution in [0.3, 0.4) is 0 Å². The Bertz CT molecular complexity index is 1040. The van der Waals surface area contributed by atoms with E-state index in [-0.39, 0.29) is 17.6 Å². The maximum Gasteiger partial charge on any atom is 0.264 e. The first-order valence-electron chi connectivity index (χ1n) is 8.23. The molecule has 1 aromatic carbocycles. The zero-order valence-corrected chi connectivity index (χ0v) is 17.5. The monoisotopic (exact) mass is 450 g/mol. The third kappa shape index (κ3) is 5.59. The second-order valence-corrected chi connectivity index (χ2v) is 7.47. The summed E-state index contributed by atoms with van der Waals surface area (Å²) in [6.45, 7) is 1.83. The van der Waals surface area contributed by atoms with Crippen molar-refractivity contribution in [2.75, 3.05) is 22.3 Å². The van der Waals surface area contributed by atoms with Crippen LogP contribution in [0.1, 0.15) is 12.5 Å². The average molecular weight is 451 g/mol. The van der Waals surface area contributed by atoms with Crippen molar-refractivity contribution in [2.45, 2.75) is 12.1 Å². The zero-order chi connectivity index (χ0) is 20.8. The number of nitrogen functional groups attached to an aromatic ring is 1. The summed E-state index contributed by atoms with van der Waals surface area (Å²) in [6.07, 6.45) is 3.35. The van der Waals surface area contributed by atoms with Crippen LogP contribution in [0.25, 0.3) is 0 Å². The first-order valence-corrected chi connectivity index (χ1v) is 9.97. The minimum atomic E-state index is -0.275. The minimum absolute atomic E-state index is 0.0631. The van der Waals surface area contributed by atoms with Crippen LogP contribution in [0.2, 0.25) is 10.0 Å². The summed E-state index contributed by atoms with van der Waals surface area (Å²) in [6, 6.07) is 8.48. The number of benzene rings is 1. The minimum Gasteiger partial charge on any atom is -0.334 e. The molecule has 0 saturated heterocycles. The van der Waals surface area contributed by atoms with Gasteiger partial charge in [0.05, 0.1) is 22.2 Å². The maximum absolute atomic E-state index is 12.1. The Kier molecular flexibility index (Phi) is 6.91. The lowest BCUT2D eigenvalue weighted by Crippen LogP contribution is -2.17. The predicted molar refractivity (Wildman–Crippen MR) is 116 cm³/mol. The summed E-state index contributed by atoms with van der Waals surface area (Å²) < 4.78 is 1.22. The normalized spacial score (nSPS) is 11.3. The number of nitrogens with one attached hydrogen (secondary N) is 2. The number of thioether (sulfide) groups is 1. The van der Waals surface area contributed by atoms with Crippen molar-refractivity contribution in [2.24, 2.45) is 5.10 Å².